The van der Waals surface area contributed by atoms with Gasteiger partial charge in [0.15, 0.2) is 5.96 Å². The third-order valence-corrected chi connectivity index (χ3v) is 3.96. The van der Waals surface area contributed by atoms with Crippen molar-refractivity contribution in [1.82, 2.24) is 20.9 Å². The van der Waals surface area contributed by atoms with Crippen LogP contribution in [0.1, 0.15) is 25.3 Å². The smallest absolute Gasteiger partial charge is 0.222 e. The highest BCUT2D eigenvalue weighted by molar-refractivity contribution is 14.0. The third kappa shape index (κ3) is 13.7. The summed E-state index contributed by atoms with van der Waals surface area (Å²) in [6, 6.07) is 9.91. The van der Waals surface area contributed by atoms with E-state index in [2.05, 4.69) is 32.9 Å². The first kappa shape index (κ1) is 26.6. The lowest BCUT2D eigenvalue weighted by Crippen LogP contribution is -2.39. The molecule has 0 spiro atoms. The maximum Gasteiger partial charge on any atom is 0.222 e. The number of methoxy groups -OCH3 is 1. The lowest BCUT2D eigenvalue weighted by molar-refractivity contribution is -0.121. The Kier molecular flexibility index (Phi) is 16.8. The highest BCUT2D eigenvalue weighted by Crippen LogP contribution is 1.97. The van der Waals surface area contributed by atoms with E-state index in [4.69, 9.17) is 4.74 Å². The molecule has 0 saturated carbocycles. The zero-order valence-corrected chi connectivity index (χ0v) is 19.7. The minimum absolute atomic E-state index is 0. The molecule has 1 amide bonds. The largest absolute Gasteiger partial charge is 0.385 e. The van der Waals surface area contributed by atoms with Gasteiger partial charge in [0.05, 0.1) is 6.54 Å². The van der Waals surface area contributed by atoms with Gasteiger partial charge in [0, 0.05) is 52.9 Å². The molecule has 1 rings (SSSR count). The molecule has 8 heteroatoms. The van der Waals surface area contributed by atoms with Crippen LogP contribution in [0.5, 0.6) is 0 Å². The summed E-state index contributed by atoms with van der Waals surface area (Å²) in [7, 11) is 3.81. The topological polar surface area (TPSA) is 78.0 Å². The van der Waals surface area contributed by atoms with Crippen LogP contribution in [0.15, 0.2) is 35.3 Å². The van der Waals surface area contributed by atoms with Crippen molar-refractivity contribution in [3.63, 3.8) is 0 Å². The minimum atomic E-state index is 0. The van der Waals surface area contributed by atoms with Crippen LogP contribution in [-0.4, -0.2) is 70.3 Å². The Balaban J connectivity index is 0.00000729. The van der Waals surface area contributed by atoms with Crippen LogP contribution in [0, 0.1) is 0 Å². The number of benzene rings is 1. The molecule has 0 aromatic heterocycles. The van der Waals surface area contributed by atoms with E-state index < -0.39 is 0 Å². The van der Waals surface area contributed by atoms with Crippen molar-refractivity contribution in [3.05, 3.63) is 35.9 Å². The molecule has 7 nitrogen and oxygen atoms in total. The Bertz CT molecular complexity index is 543. The molecule has 0 bridgehead atoms. The maximum atomic E-state index is 12.0. The van der Waals surface area contributed by atoms with Crippen molar-refractivity contribution in [2.75, 3.05) is 53.5 Å². The molecule has 1 aromatic rings. The zero-order valence-electron chi connectivity index (χ0n) is 17.4. The van der Waals surface area contributed by atoms with E-state index in [-0.39, 0.29) is 29.9 Å². The van der Waals surface area contributed by atoms with Gasteiger partial charge in [-0.3, -0.25) is 9.79 Å². The summed E-state index contributed by atoms with van der Waals surface area (Å²) >= 11 is 0. The van der Waals surface area contributed by atoms with Crippen molar-refractivity contribution >= 4 is 35.8 Å². The van der Waals surface area contributed by atoms with Crippen LogP contribution in [0.25, 0.3) is 0 Å². The number of amides is 1. The summed E-state index contributed by atoms with van der Waals surface area (Å²) in [5.74, 6) is 0.777. The third-order valence-electron chi connectivity index (χ3n) is 3.96. The van der Waals surface area contributed by atoms with Crippen LogP contribution in [0.4, 0.5) is 0 Å². The molecule has 3 N–H and O–H groups in total. The number of hydrogen-bond acceptors (Lipinski definition) is 4. The molecule has 0 aliphatic carbocycles. The summed E-state index contributed by atoms with van der Waals surface area (Å²) in [4.78, 5) is 18.8. The van der Waals surface area contributed by atoms with Gasteiger partial charge in [-0.1, -0.05) is 30.3 Å². The Morgan fingerprint density at radius 3 is 2.57 bits per heavy atom. The van der Waals surface area contributed by atoms with E-state index in [0.29, 0.717) is 26.1 Å². The number of nitrogens with zero attached hydrogens (tertiary/aromatic N) is 2. The highest BCUT2D eigenvalue weighted by atomic mass is 127. The van der Waals surface area contributed by atoms with Gasteiger partial charge in [-0.05, 0) is 26.0 Å². The molecule has 0 aliphatic heterocycles. The normalized spacial score (nSPS) is 11.1. The summed E-state index contributed by atoms with van der Waals surface area (Å²) < 4.78 is 5.07. The van der Waals surface area contributed by atoms with Gasteiger partial charge >= 0.3 is 0 Å². The standard InChI is InChI=1S/C20H35N5O2.HI/c1-4-21-20(23-13-15-25(2)14-8-16-27-3)22-12-11-19(26)24-17-18-9-6-5-7-10-18;/h5-7,9-10H,4,8,11-17H2,1-3H3,(H,24,26)(H2,21,22,23);1H. The van der Waals surface area contributed by atoms with E-state index in [1.165, 1.54) is 0 Å². The number of carbonyl (C=O) groups is 1. The van der Waals surface area contributed by atoms with Crippen molar-refractivity contribution in [2.24, 2.45) is 4.99 Å². The Hall–Kier alpha value is -1.39. The lowest BCUT2D eigenvalue weighted by atomic mass is 10.2. The Labute approximate surface area is 186 Å². The molecule has 160 valence electrons. The quantitative estimate of drug-likeness (QED) is 0.165. The Morgan fingerprint density at radius 1 is 1.14 bits per heavy atom. The van der Waals surface area contributed by atoms with Crippen LogP contribution < -0.4 is 16.0 Å². The van der Waals surface area contributed by atoms with Gasteiger partial charge in [-0.25, -0.2) is 0 Å². The number of nitrogens with one attached hydrogen (secondary N) is 3. The van der Waals surface area contributed by atoms with Crippen LogP contribution in [0.3, 0.4) is 0 Å². The Morgan fingerprint density at radius 2 is 1.89 bits per heavy atom. The highest BCUT2D eigenvalue weighted by Gasteiger charge is 2.03. The number of ether oxygens (including phenoxy) is 1. The van der Waals surface area contributed by atoms with Gasteiger partial charge in [0.2, 0.25) is 5.91 Å². The van der Waals surface area contributed by atoms with Crippen molar-refractivity contribution in [3.8, 4) is 0 Å². The monoisotopic (exact) mass is 505 g/mol. The number of guanidine groups is 1. The van der Waals surface area contributed by atoms with Gasteiger partial charge in [-0.2, -0.15) is 0 Å². The van der Waals surface area contributed by atoms with E-state index in [9.17, 15) is 4.79 Å². The van der Waals surface area contributed by atoms with Gasteiger partial charge in [0.1, 0.15) is 0 Å². The molecule has 0 radical (unpaired) electrons. The van der Waals surface area contributed by atoms with E-state index in [0.717, 1.165) is 44.2 Å². The number of aliphatic imine (C=N–C) groups is 1. The molecule has 0 saturated heterocycles. The molecular weight excluding hydrogens is 469 g/mol. The second-order valence-corrected chi connectivity index (χ2v) is 6.35. The first-order chi connectivity index (χ1) is 13.2. The number of halogens is 1. The molecule has 0 atom stereocenters. The van der Waals surface area contributed by atoms with Crippen molar-refractivity contribution in [1.29, 1.82) is 0 Å². The van der Waals surface area contributed by atoms with Gasteiger partial charge in [0.25, 0.3) is 0 Å². The lowest BCUT2D eigenvalue weighted by Gasteiger charge is -2.16. The molecule has 0 aliphatic rings. The fraction of sp³-hybridized carbons (Fsp3) is 0.600. The second-order valence-electron chi connectivity index (χ2n) is 6.35. The first-order valence-corrected chi connectivity index (χ1v) is 9.66. The summed E-state index contributed by atoms with van der Waals surface area (Å²) in [6.07, 6.45) is 1.43. The first-order valence-electron chi connectivity index (χ1n) is 9.66. The summed E-state index contributed by atoms with van der Waals surface area (Å²) in [5.41, 5.74) is 1.10. The average molecular weight is 505 g/mol. The van der Waals surface area contributed by atoms with Crippen LogP contribution in [0.2, 0.25) is 0 Å². The molecule has 0 fully saturated rings. The van der Waals surface area contributed by atoms with Gasteiger partial charge in [-0.15, -0.1) is 24.0 Å². The molecule has 0 heterocycles. The van der Waals surface area contributed by atoms with E-state index in [1.807, 2.05) is 37.3 Å². The minimum Gasteiger partial charge on any atom is -0.385 e. The number of hydrogen-bond donors (Lipinski definition) is 3. The maximum absolute atomic E-state index is 12.0. The van der Waals surface area contributed by atoms with E-state index >= 15 is 0 Å². The number of carbonyl (C=O) groups excluding carboxylic acids is 1. The number of likely N-dealkylation sites (N-methyl/N-ethyl adjacent to an activating group) is 1. The predicted octanol–water partition coefficient (Wildman–Crippen LogP) is 1.83. The molecule has 28 heavy (non-hydrogen) atoms. The number of rotatable bonds is 13. The second kappa shape index (κ2) is 17.7. The van der Waals surface area contributed by atoms with Crippen molar-refractivity contribution in [2.45, 2.75) is 26.3 Å². The van der Waals surface area contributed by atoms with Gasteiger partial charge < -0.3 is 25.6 Å². The molecule has 1 aromatic carbocycles. The SMILES string of the molecule is CCNC(=NCCN(C)CCCOC)NCCC(=O)NCc1ccccc1.I. The van der Waals surface area contributed by atoms with E-state index in [1.54, 1.807) is 7.11 Å². The predicted molar refractivity (Wildman–Crippen MR) is 126 cm³/mol. The van der Waals surface area contributed by atoms with Crippen molar-refractivity contribution < 1.29 is 9.53 Å². The molecular formula is C20H36IN5O2. The van der Waals surface area contributed by atoms with Crippen LogP contribution >= 0.6 is 24.0 Å². The fourth-order valence-corrected chi connectivity index (χ4v) is 2.44. The average Bonchev–Trinajstić information content (AvgIpc) is 2.67. The summed E-state index contributed by atoms with van der Waals surface area (Å²) in [5, 5.41) is 9.36. The fourth-order valence-electron chi connectivity index (χ4n) is 2.44. The molecule has 0 unspecified atom stereocenters. The van der Waals surface area contributed by atoms with Crippen LogP contribution in [-0.2, 0) is 16.1 Å². The zero-order chi connectivity index (χ0) is 19.7. The summed E-state index contributed by atoms with van der Waals surface area (Å²) in [6.45, 7) is 7.30.